The van der Waals surface area contributed by atoms with E-state index < -0.39 is 0 Å². The van der Waals surface area contributed by atoms with Gasteiger partial charge in [0.1, 0.15) is 5.82 Å². The lowest BCUT2D eigenvalue weighted by molar-refractivity contribution is -0.117. The second kappa shape index (κ2) is 5.29. The van der Waals surface area contributed by atoms with Crippen LogP contribution in [0, 0.1) is 6.92 Å². The van der Waals surface area contributed by atoms with Gasteiger partial charge in [-0.3, -0.25) is 4.79 Å². The predicted octanol–water partition coefficient (Wildman–Crippen LogP) is -0.126. The fraction of sp³-hybridized carbons (Fsp3) is 0.636. The Morgan fingerprint density at radius 1 is 1.76 bits per heavy atom. The Bertz CT molecular complexity index is 396. The first-order chi connectivity index (χ1) is 8.20. The zero-order valence-electron chi connectivity index (χ0n) is 9.94. The number of rotatable bonds is 4. The summed E-state index contributed by atoms with van der Waals surface area (Å²) in [6, 6.07) is 1.70. The SMILES string of the molecule is Cc1cc(NC(=O)C2CCCN2)n(CCO)n1. The van der Waals surface area contributed by atoms with E-state index in [2.05, 4.69) is 15.7 Å². The molecule has 1 amide bonds. The van der Waals surface area contributed by atoms with Crippen LogP contribution in [0.15, 0.2) is 6.07 Å². The lowest BCUT2D eigenvalue weighted by Crippen LogP contribution is -2.36. The molecule has 3 N–H and O–H groups in total. The van der Waals surface area contributed by atoms with Crippen molar-refractivity contribution in [1.82, 2.24) is 15.1 Å². The smallest absolute Gasteiger partial charge is 0.242 e. The molecule has 0 bridgehead atoms. The number of hydrogen-bond acceptors (Lipinski definition) is 4. The summed E-state index contributed by atoms with van der Waals surface area (Å²) in [5, 5.41) is 19.1. The van der Waals surface area contributed by atoms with Crippen LogP contribution in [0.3, 0.4) is 0 Å². The number of carbonyl (C=O) groups excluding carboxylic acids is 1. The first-order valence-corrected chi connectivity index (χ1v) is 5.90. The predicted molar refractivity (Wildman–Crippen MR) is 63.7 cm³/mol. The highest BCUT2D eigenvalue weighted by Crippen LogP contribution is 2.12. The zero-order valence-corrected chi connectivity index (χ0v) is 9.94. The Hall–Kier alpha value is -1.40. The quantitative estimate of drug-likeness (QED) is 0.683. The molecule has 1 saturated heterocycles. The Labute approximate surface area is 100 Å². The molecule has 6 heteroatoms. The molecule has 1 atom stereocenters. The van der Waals surface area contributed by atoms with Gasteiger partial charge in [-0.25, -0.2) is 4.68 Å². The molecule has 1 fully saturated rings. The van der Waals surface area contributed by atoms with E-state index in [1.54, 1.807) is 4.68 Å². The average molecular weight is 238 g/mol. The van der Waals surface area contributed by atoms with Crippen LogP contribution < -0.4 is 10.6 Å². The number of aryl methyl sites for hydroxylation is 1. The molecule has 6 nitrogen and oxygen atoms in total. The van der Waals surface area contributed by atoms with Gasteiger partial charge in [-0.1, -0.05) is 0 Å². The summed E-state index contributed by atoms with van der Waals surface area (Å²) >= 11 is 0. The summed E-state index contributed by atoms with van der Waals surface area (Å²) < 4.78 is 1.61. The van der Waals surface area contributed by atoms with Crippen molar-refractivity contribution in [3.05, 3.63) is 11.8 Å². The van der Waals surface area contributed by atoms with E-state index in [0.29, 0.717) is 12.4 Å². The van der Waals surface area contributed by atoms with Crippen molar-refractivity contribution in [2.45, 2.75) is 32.4 Å². The molecule has 94 valence electrons. The van der Waals surface area contributed by atoms with E-state index in [0.717, 1.165) is 25.1 Å². The van der Waals surface area contributed by atoms with Crippen LogP contribution in [0.1, 0.15) is 18.5 Å². The Morgan fingerprint density at radius 2 is 2.59 bits per heavy atom. The van der Waals surface area contributed by atoms with Gasteiger partial charge in [-0.05, 0) is 26.3 Å². The highest BCUT2D eigenvalue weighted by atomic mass is 16.3. The van der Waals surface area contributed by atoms with Crippen molar-refractivity contribution in [3.63, 3.8) is 0 Å². The number of hydrogen-bond donors (Lipinski definition) is 3. The number of amides is 1. The van der Waals surface area contributed by atoms with Crippen molar-refractivity contribution in [2.75, 3.05) is 18.5 Å². The molecule has 0 aliphatic carbocycles. The van der Waals surface area contributed by atoms with Gasteiger partial charge in [0.05, 0.1) is 24.9 Å². The summed E-state index contributed by atoms with van der Waals surface area (Å²) in [5.74, 6) is 0.622. The molecule has 1 unspecified atom stereocenters. The minimum atomic E-state index is -0.104. The summed E-state index contributed by atoms with van der Waals surface area (Å²) in [4.78, 5) is 11.9. The molecule has 0 spiro atoms. The molecule has 1 aliphatic heterocycles. The van der Waals surface area contributed by atoms with E-state index in [4.69, 9.17) is 5.11 Å². The topological polar surface area (TPSA) is 79.2 Å². The van der Waals surface area contributed by atoms with Gasteiger partial charge >= 0.3 is 0 Å². The zero-order chi connectivity index (χ0) is 12.3. The number of nitrogens with one attached hydrogen (secondary N) is 2. The minimum Gasteiger partial charge on any atom is -0.394 e. The molecule has 0 aromatic carbocycles. The maximum absolute atomic E-state index is 11.9. The van der Waals surface area contributed by atoms with Crippen molar-refractivity contribution in [1.29, 1.82) is 0 Å². The summed E-state index contributed by atoms with van der Waals surface area (Å²) in [6.45, 7) is 3.15. The third-order valence-electron chi connectivity index (χ3n) is 2.84. The lowest BCUT2D eigenvalue weighted by atomic mass is 10.2. The standard InChI is InChI=1S/C11H18N4O2/c1-8-7-10(15(14-8)5-6-16)13-11(17)9-3-2-4-12-9/h7,9,12,16H,2-6H2,1H3,(H,13,17). The van der Waals surface area contributed by atoms with Gasteiger partial charge in [0.2, 0.25) is 5.91 Å². The van der Waals surface area contributed by atoms with Crippen molar-refractivity contribution < 1.29 is 9.90 Å². The molecular weight excluding hydrogens is 220 g/mol. The Balaban J connectivity index is 2.03. The van der Waals surface area contributed by atoms with Gasteiger partial charge in [-0.2, -0.15) is 5.10 Å². The Kier molecular flexibility index (Phi) is 3.75. The van der Waals surface area contributed by atoms with E-state index in [1.807, 2.05) is 13.0 Å². The lowest BCUT2D eigenvalue weighted by Gasteiger charge is -2.11. The molecule has 2 heterocycles. The van der Waals surface area contributed by atoms with Gasteiger partial charge in [-0.15, -0.1) is 0 Å². The molecule has 2 rings (SSSR count). The number of carbonyl (C=O) groups is 1. The second-order valence-corrected chi connectivity index (χ2v) is 4.26. The minimum absolute atomic E-state index is 0.00562. The number of aliphatic hydroxyl groups excluding tert-OH is 1. The van der Waals surface area contributed by atoms with E-state index in [-0.39, 0.29) is 18.6 Å². The molecule has 1 aromatic heterocycles. The molecule has 0 saturated carbocycles. The first-order valence-electron chi connectivity index (χ1n) is 5.90. The van der Waals surface area contributed by atoms with Crippen LogP contribution in [-0.2, 0) is 11.3 Å². The first kappa shape index (κ1) is 12.1. The van der Waals surface area contributed by atoms with Crippen LogP contribution in [-0.4, -0.2) is 40.0 Å². The van der Waals surface area contributed by atoms with Gasteiger partial charge in [0, 0.05) is 6.07 Å². The van der Waals surface area contributed by atoms with E-state index in [1.165, 1.54) is 0 Å². The summed E-state index contributed by atoms with van der Waals surface area (Å²) in [7, 11) is 0. The number of anilines is 1. The maximum Gasteiger partial charge on any atom is 0.242 e. The average Bonchev–Trinajstić information content (AvgIpc) is 2.89. The van der Waals surface area contributed by atoms with Crippen molar-refractivity contribution >= 4 is 11.7 Å². The second-order valence-electron chi connectivity index (χ2n) is 4.26. The number of aliphatic hydroxyl groups is 1. The van der Waals surface area contributed by atoms with E-state index >= 15 is 0 Å². The van der Waals surface area contributed by atoms with Crippen LogP contribution in [0.25, 0.3) is 0 Å². The fourth-order valence-electron chi connectivity index (χ4n) is 2.03. The molecule has 0 radical (unpaired) electrons. The molecule has 17 heavy (non-hydrogen) atoms. The molecule has 1 aromatic rings. The van der Waals surface area contributed by atoms with Gasteiger partial charge in [0.15, 0.2) is 0 Å². The van der Waals surface area contributed by atoms with Crippen LogP contribution in [0.2, 0.25) is 0 Å². The third kappa shape index (κ3) is 2.83. The Morgan fingerprint density at radius 3 is 3.24 bits per heavy atom. The highest BCUT2D eigenvalue weighted by Gasteiger charge is 2.22. The van der Waals surface area contributed by atoms with Crippen molar-refractivity contribution in [3.8, 4) is 0 Å². The maximum atomic E-state index is 11.9. The monoisotopic (exact) mass is 238 g/mol. The molecular formula is C11H18N4O2. The number of nitrogens with zero attached hydrogens (tertiary/aromatic N) is 2. The van der Waals surface area contributed by atoms with Crippen LogP contribution in [0.5, 0.6) is 0 Å². The fourth-order valence-corrected chi connectivity index (χ4v) is 2.03. The summed E-state index contributed by atoms with van der Waals surface area (Å²) in [6.07, 6.45) is 1.91. The normalized spacial score (nSPS) is 19.5. The van der Waals surface area contributed by atoms with Crippen molar-refractivity contribution in [2.24, 2.45) is 0 Å². The summed E-state index contributed by atoms with van der Waals surface area (Å²) in [5.41, 5.74) is 0.827. The molecule has 1 aliphatic rings. The highest BCUT2D eigenvalue weighted by molar-refractivity contribution is 5.94. The third-order valence-corrected chi connectivity index (χ3v) is 2.84. The number of aromatic nitrogens is 2. The van der Waals surface area contributed by atoms with Gasteiger partial charge in [0.25, 0.3) is 0 Å². The van der Waals surface area contributed by atoms with Gasteiger partial charge < -0.3 is 15.7 Å². The largest absolute Gasteiger partial charge is 0.394 e. The van der Waals surface area contributed by atoms with Crippen LogP contribution >= 0.6 is 0 Å². The van der Waals surface area contributed by atoms with Crippen LogP contribution in [0.4, 0.5) is 5.82 Å². The van der Waals surface area contributed by atoms with E-state index in [9.17, 15) is 4.79 Å².